The molecule has 13 heteroatoms. The maximum Gasteiger partial charge on any atom is 0.311 e. The molecule has 164 valence electrons. The minimum absolute atomic E-state index is 0.00975. The van der Waals surface area contributed by atoms with Crippen LogP contribution in [0.2, 0.25) is 0 Å². The van der Waals surface area contributed by atoms with Crippen LogP contribution in [-0.2, 0) is 30.8 Å². The molecule has 1 atom stereocenters. The Balaban J connectivity index is 1.51. The van der Waals surface area contributed by atoms with Crippen LogP contribution in [0.4, 0.5) is 5.13 Å². The average molecular weight is 482 g/mol. The Morgan fingerprint density at radius 3 is 2.97 bits per heavy atom. The number of carbonyl (C=O) groups is 2. The quantitative estimate of drug-likeness (QED) is 0.507. The van der Waals surface area contributed by atoms with E-state index in [1.54, 1.807) is 24.4 Å². The van der Waals surface area contributed by atoms with E-state index in [9.17, 15) is 18.0 Å². The summed E-state index contributed by atoms with van der Waals surface area (Å²) in [6, 6.07) is 3.93. The number of amides is 1. The summed E-state index contributed by atoms with van der Waals surface area (Å²) in [7, 11) is -3.94. The fourth-order valence-electron chi connectivity index (χ4n) is 3.40. The Hall–Kier alpha value is -2.48. The number of fused-ring (bicyclic) bond motifs is 1. The molecule has 0 spiro atoms. The number of sulfonamides is 1. The number of nitrogens with zero attached hydrogens (tertiary/aromatic N) is 4. The molecule has 0 radical (unpaired) electrons. The van der Waals surface area contributed by atoms with E-state index in [4.69, 9.17) is 4.74 Å². The van der Waals surface area contributed by atoms with Gasteiger partial charge in [0.1, 0.15) is 22.0 Å². The highest BCUT2D eigenvalue weighted by atomic mass is 32.2. The standard InChI is InChI=1S/C18H19N5O5S3/c1-2-28-15(24)9-11-10-29-18(19-11)20-17(25)13-6-4-8-23(13)31(26,27)14-7-3-5-12-16(14)22-30-21-12/h3,5,7,10,13H,2,4,6,8-9H2,1H3,(H,19,20,25)/t13-/m0/s1. The van der Waals surface area contributed by atoms with Gasteiger partial charge in [0.15, 0.2) is 5.13 Å². The molecule has 0 saturated carbocycles. The van der Waals surface area contributed by atoms with Crippen LogP contribution in [-0.4, -0.2) is 57.5 Å². The topological polar surface area (TPSA) is 131 Å². The van der Waals surface area contributed by atoms with Crippen LogP contribution in [0.3, 0.4) is 0 Å². The normalized spacial score (nSPS) is 17.1. The van der Waals surface area contributed by atoms with Crippen molar-refractivity contribution in [1.29, 1.82) is 0 Å². The summed E-state index contributed by atoms with van der Waals surface area (Å²) >= 11 is 2.11. The van der Waals surface area contributed by atoms with Crippen LogP contribution in [0.25, 0.3) is 11.0 Å². The van der Waals surface area contributed by atoms with Crippen LogP contribution in [0.1, 0.15) is 25.5 Å². The third-order valence-electron chi connectivity index (χ3n) is 4.75. The first-order valence-corrected chi connectivity index (χ1v) is 12.6. The number of esters is 1. The first kappa shape index (κ1) is 21.7. The Morgan fingerprint density at radius 2 is 2.16 bits per heavy atom. The molecular weight excluding hydrogens is 462 g/mol. The second kappa shape index (κ2) is 8.94. The molecule has 1 amide bonds. The zero-order chi connectivity index (χ0) is 22.0. The van der Waals surface area contributed by atoms with Gasteiger partial charge in [-0.1, -0.05) is 6.07 Å². The van der Waals surface area contributed by atoms with Crippen molar-refractivity contribution in [3.63, 3.8) is 0 Å². The van der Waals surface area contributed by atoms with E-state index < -0.39 is 27.9 Å². The SMILES string of the molecule is CCOC(=O)Cc1csc(NC(=O)[C@@H]2CCCN2S(=O)(=O)c2cccc3nsnc23)n1. The van der Waals surface area contributed by atoms with E-state index in [-0.39, 0.29) is 24.5 Å². The number of carbonyl (C=O) groups excluding carboxylic acids is 2. The van der Waals surface area contributed by atoms with Crippen LogP contribution in [0.5, 0.6) is 0 Å². The molecule has 1 saturated heterocycles. The van der Waals surface area contributed by atoms with E-state index in [0.717, 1.165) is 11.7 Å². The van der Waals surface area contributed by atoms with Gasteiger partial charge in [0.25, 0.3) is 0 Å². The summed E-state index contributed by atoms with van der Waals surface area (Å²) in [6.45, 7) is 2.24. The first-order valence-electron chi connectivity index (χ1n) is 9.54. The van der Waals surface area contributed by atoms with Crippen molar-refractivity contribution >= 4 is 61.1 Å². The molecule has 0 bridgehead atoms. The number of anilines is 1. The molecular formula is C18H19N5O5S3. The summed E-state index contributed by atoms with van der Waals surface area (Å²) in [6.07, 6.45) is 0.974. The summed E-state index contributed by atoms with van der Waals surface area (Å²) < 4.78 is 40.9. The van der Waals surface area contributed by atoms with Crippen molar-refractivity contribution in [2.24, 2.45) is 0 Å². The lowest BCUT2D eigenvalue weighted by Crippen LogP contribution is -2.43. The Morgan fingerprint density at radius 1 is 1.32 bits per heavy atom. The van der Waals surface area contributed by atoms with E-state index in [2.05, 4.69) is 19.0 Å². The van der Waals surface area contributed by atoms with E-state index >= 15 is 0 Å². The molecule has 10 nitrogen and oxygen atoms in total. The summed E-state index contributed by atoms with van der Waals surface area (Å²) in [5, 5.41) is 4.64. The van der Waals surface area contributed by atoms with Gasteiger partial charge >= 0.3 is 5.97 Å². The first-order chi connectivity index (χ1) is 14.9. The van der Waals surface area contributed by atoms with Crippen molar-refractivity contribution in [3.05, 3.63) is 29.3 Å². The third-order valence-corrected chi connectivity index (χ3v) is 8.04. The fourth-order valence-corrected chi connectivity index (χ4v) is 6.52. The highest BCUT2D eigenvalue weighted by Crippen LogP contribution is 2.30. The maximum absolute atomic E-state index is 13.3. The molecule has 3 heterocycles. The van der Waals surface area contributed by atoms with Crippen molar-refractivity contribution < 1.29 is 22.7 Å². The van der Waals surface area contributed by atoms with E-state index in [1.165, 1.54) is 21.7 Å². The lowest BCUT2D eigenvalue weighted by Gasteiger charge is -2.23. The number of benzene rings is 1. The third kappa shape index (κ3) is 4.44. The Kier molecular flexibility index (Phi) is 6.27. The number of hydrogen-bond donors (Lipinski definition) is 1. The number of aromatic nitrogens is 3. The van der Waals surface area contributed by atoms with Gasteiger partial charge < -0.3 is 10.1 Å². The number of rotatable bonds is 7. The van der Waals surface area contributed by atoms with Crippen molar-refractivity contribution in [3.8, 4) is 0 Å². The van der Waals surface area contributed by atoms with Gasteiger partial charge in [0.2, 0.25) is 15.9 Å². The van der Waals surface area contributed by atoms with Gasteiger partial charge in [-0.25, -0.2) is 13.4 Å². The fraction of sp³-hybridized carbons (Fsp3) is 0.389. The number of nitrogens with one attached hydrogen (secondary N) is 1. The smallest absolute Gasteiger partial charge is 0.311 e. The minimum Gasteiger partial charge on any atom is -0.466 e. The van der Waals surface area contributed by atoms with Crippen LogP contribution in [0, 0.1) is 0 Å². The molecule has 3 aromatic rings. The Labute approximate surface area is 186 Å². The molecule has 0 unspecified atom stereocenters. The van der Waals surface area contributed by atoms with Crippen LogP contribution in [0.15, 0.2) is 28.5 Å². The molecule has 0 aliphatic carbocycles. The van der Waals surface area contributed by atoms with Gasteiger partial charge in [-0.15, -0.1) is 11.3 Å². The van der Waals surface area contributed by atoms with Crippen molar-refractivity contribution in [2.75, 3.05) is 18.5 Å². The predicted molar refractivity (Wildman–Crippen MR) is 115 cm³/mol. The zero-order valence-corrected chi connectivity index (χ0v) is 18.9. The Bertz CT molecular complexity index is 1220. The highest BCUT2D eigenvalue weighted by molar-refractivity contribution is 7.89. The van der Waals surface area contributed by atoms with Crippen molar-refractivity contribution in [2.45, 2.75) is 37.1 Å². The predicted octanol–water partition coefficient (Wildman–Crippen LogP) is 2.05. The van der Waals surface area contributed by atoms with Gasteiger partial charge in [-0.2, -0.15) is 13.1 Å². The van der Waals surface area contributed by atoms with Crippen molar-refractivity contribution in [1.82, 2.24) is 18.0 Å². The van der Waals surface area contributed by atoms with Crippen LogP contribution >= 0.6 is 23.1 Å². The van der Waals surface area contributed by atoms with Gasteiger partial charge in [0, 0.05) is 11.9 Å². The van der Waals surface area contributed by atoms with Gasteiger partial charge in [0.05, 0.1) is 30.4 Å². The van der Waals surface area contributed by atoms with Crippen LogP contribution < -0.4 is 5.32 Å². The molecule has 1 aromatic carbocycles. The maximum atomic E-state index is 13.3. The zero-order valence-electron chi connectivity index (χ0n) is 16.5. The largest absolute Gasteiger partial charge is 0.466 e. The van der Waals surface area contributed by atoms with Gasteiger partial charge in [-0.05, 0) is 31.9 Å². The molecule has 2 aromatic heterocycles. The molecule has 4 rings (SSSR count). The second-order valence-corrected chi connectivity index (χ2v) is 10.0. The summed E-state index contributed by atoms with van der Waals surface area (Å²) in [5.74, 6) is -0.855. The van der Waals surface area contributed by atoms with E-state index in [1.807, 2.05) is 0 Å². The van der Waals surface area contributed by atoms with E-state index in [0.29, 0.717) is 34.7 Å². The average Bonchev–Trinajstić information content (AvgIpc) is 3.48. The summed E-state index contributed by atoms with van der Waals surface area (Å²) in [4.78, 5) is 28.7. The molecule has 1 N–H and O–H groups in total. The lowest BCUT2D eigenvalue weighted by molar-refractivity contribution is -0.142. The number of hydrogen-bond acceptors (Lipinski definition) is 10. The van der Waals surface area contributed by atoms with Gasteiger partial charge in [-0.3, -0.25) is 9.59 Å². The number of ether oxygens (including phenoxy) is 1. The second-order valence-electron chi connectivity index (χ2n) is 6.78. The molecule has 1 aliphatic heterocycles. The monoisotopic (exact) mass is 481 g/mol. The molecule has 1 fully saturated rings. The summed E-state index contributed by atoms with van der Waals surface area (Å²) in [5.41, 5.74) is 1.29. The number of thiazole rings is 1. The molecule has 31 heavy (non-hydrogen) atoms. The minimum atomic E-state index is -3.94. The lowest BCUT2D eigenvalue weighted by atomic mass is 10.2. The highest BCUT2D eigenvalue weighted by Gasteiger charge is 2.40. The molecule has 1 aliphatic rings.